The highest BCUT2D eigenvalue weighted by molar-refractivity contribution is 5.93. The van der Waals surface area contributed by atoms with E-state index in [1.54, 1.807) is 0 Å². The van der Waals surface area contributed by atoms with Gasteiger partial charge in [-0.3, -0.25) is 4.79 Å². The Morgan fingerprint density at radius 1 is 1.38 bits per heavy atom. The van der Waals surface area contributed by atoms with Gasteiger partial charge in [0.05, 0.1) is 24.1 Å². The minimum absolute atomic E-state index is 0.0800. The quantitative estimate of drug-likeness (QED) is 0.832. The Hall–Kier alpha value is -2.30. The van der Waals surface area contributed by atoms with Crippen molar-refractivity contribution in [3.63, 3.8) is 0 Å². The first-order valence-electron chi connectivity index (χ1n) is 9.60. The van der Waals surface area contributed by atoms with Gasteiger partial charge in [-0.25, -0.2) is 4.79 Å². The van der Waals surface area contributed by atoms with E-state index in [9.17, 15) is 9.59 Å². The van der Waals surface area contributed by atoms with Crippen LogP contribution in [0.5, 0.6) is 0 Å². The number of anilines is 1. The Bertz CT molecular complexity index is 845. The van der Waals surface area contributed by atoms with Crippen LogP contribution in [0.15, 0.2) is 35.5 Å². The number of para-hydroxylation sites is 1. The number of ether oxygens (including phenoxy) is 1. The normalized spacial score (nSPS) is 34.2. The molecule has 0 unspecified atom stereocenters. The number of nitrogens with one attached hydrogen (secondary N) is 1. The molecule has 0 bridgehead atoms. The molecule has 5 rings (SSSR count). The molecule has 1 amide bonds. The van der Waals surface area contributed by atoms with Crippen molar-refractivity contribution in [1.82, 2.24) is 4.90 Å². The molecule has 5 heteroatoms. The van der Waals surface area contributed by atoms with Crippen LogP contribution in [0.4, 0.5) is 5.69 Å². The number of nitrogens with zero attached hydrogens (tertiary/aromatic N) is 1. The van der Waals surface area contributed by atoms with Crippen LogP contribution >= 0.6 is 0 Å². The van der Waals surface area contributed by atoms with Crippen LogP contribution in [0.3, 0.4) is 0 Å². The first-order chi connectivity index (χ1) is 12.6. The Morgan fingerprint density at radius 2 is 2.19 bits per heavy atom. The summed E-state index contributed by atoms with van der Waals surface area (Å²) in [5, 5.41) is 3.53. The molecule has 2 saturated heterocycles. The van der Waals surface area contributed by atoms with E-state index in [2.05, 4.69) is 35.3 Å². The number of methoxy groups -OCH3 is 1. The second kappa shape index (κ2) is 5.35. The van der Waals surface area contributed by atoms with E-state index in [4.69, 9.17) is 4.74 Å². The van der Waals surface area contributed by atoms with Gasteiger partial charge >= 0.3 is 5.97 Å². The number of fused-ring (bicyclic) bond motifs is 1. The highest BCUT2D eigenvalue weighted by Crippen LogP contribution is 2.61. The van der Waals surface area contributed by atoms with Gasteiger partial charge in [-0.15, -0.1) is 0 Å². The lowest BCUT2D eigenvalue weighted by Gasteiger charge is -2.49. The van der Waals surface area contributed by atoms with Crippen molar-refractivity contribution >= 4 is 17.6 Å². The molecule has 4 aliphatic rings. The van der Waals surface area contributed by atoms with Gasteiger partial charge in [-0.05, 0) is 43.2 Å². The van der Waals surface area contributed by atoms with E-state index in [0.717, 1.165) is 42.8 Å². The van der Waals surface area contributed by atoms with Gasteiger partial charge in [0.25, 0.3) is 0 Å². The maximum atomic E-state index is 13.0. The van der Waals surface area contributed by atoms with Crippen molar-refractivity contribution in [3.05, 3.63) is 41.1 Å². The fourth-order valence-corrected chi connectivity index (χ4v) is 6.07. The van der Waals surface area contributed by atoms with Crippen molar-refractivity contribution in [3.8, 4) is 0 Å². The van der Waals surface area contributed by atoms with Gasteiger partial charge in [0, 0.05) is 23.8 Å². The zero-order chi connectivity index (χ0) is 18.1. The van der Waals surface area contributed by atoms with Crippen molar-refractivity contribution in [2.45, 2.75) is 44.1 Å². The number of carbonyl (C=O) groups is 2. The monoisotopic (exact) mass is 352 g/mol. The lowest BCUT2D eigenvalue weighted by molar-refractivity contribution is -0.144. The second-order valence-corrected chi connectivity index (χ2v) is 8.02. The maximum Gasteiger partial charge on any atom is 0.335 e. The summed E-state index contributed by atoms with van der Waals surface area (Å²) in [7, 11) is 1.46. The van der Waals surface area contributed by atoms with E-state index in [0.29, 0.717) is 18.2 Å². The topological polar surface area (TPSA) is 58.6 Å². The second-order valence-electron chi connectivity index (χ2n) is 8.02. The molecule has 0 saturated carbocycles. The Labute approximate surface area is 153 Å². The number of rotatable bonds is 2. The SMILES string of the molecule is CC[C@@H]1C[C@H]2CC(C(=O)OC)=C3Nc4ccccc4[C@@]34CCN(C1=O)[C@@H]24. The number of carbonyl (C=O) groups excluding carboxylic acids is 2. The highest BCUT2D eigenvalue weighted by atomic mass is 16.5. The summed E-state index contributed by atoms with van der Waals surface area (Å²) in [5.41, 5.74) is 3.78. The minimum Gasteiger partial charge on any atom is -0.466 e. The molecule has 3 aliphatic heterocycles. The number of piperidine rings is 1. The molecule has 1 aliphatic carbocycles. The molecule has 1 spiro atoms. The Morgan fingerprint density at radius 3 is 2.96 bits per heavy atom. The number of hydrogen-bond donors (Lipinski definition) is 1. The molecule has 2 fully saturated rings. The van der Waals surface area contributed by atoms with Crippen LogP contribution in [0.2, 0.25) is 0 Å². The standard InChI is InChI=1S/C21H24N2O3/c1-3-12-10-13-11-14(20(25)26-2)17-21(8-9-23(18(13)21)19(12)24)15-6-4-5-7-16(15)22-17/h4-7,12-13,18,22H,3,8-11H2,1-2H3/t12-,13+,18+,21+/m1/s1. The predicted octanol–water partition coefficient (Wildman–Crippen LogP) is 2.83. The van der Waals surface area contributed by atoms with Crippen molar-refractivity contribution in [2.75, 3.05) is 19.0 Å². The van der Waals surface area contributed by atoms with Gasteiger partial charge in [0.15, 0.2) is 0 Å². The van der Waals surface area contributed by atoms with E-state index < -0.39 is 0 Å². The number of benzene rings is 1. The summed E-state index contributed by atoms with van der Waals surface area (Å²) in [6, 6.07) is 8.45. The molecule has 1 aromatic carbocycles. The van der Waals surface area contributed by atoms with Gasteiger partial charge in [-0.1, -0.05) is 25.1 Å². The average Bonchev–Trinajstić information content (AvgIpc) is 3.23. The van der Waals surface area contributed by atoms with Gasteiger partial charge in [0.2, 0.25) is 5.91 Å². The van der Waals surface area contributed by atoms with Crippen LogP contribution in [-0.4, -0.2) is 36.5 Å². The fourth-order valence-electron chi connectivity index (χ4n) is 6.07. The molecule has 3 heterocycles. The molecular weight excluding hydrogens is 328 g/mol. The molecular formula is C21H24N2O3. The summed E-state index contributed by atoms with van der Waals surface area (Å²) < 4.78 is 5.14. The third kappa shape index (κ3) is 1.76. The molecule has 4 atom stereocenters. The number of amides is 1. The van der Waals surface area contributed by atoms with Crippen LogP contribution in [0.25, 0.3) is 0 Å². The van der Waals surface area contributed by atoms with E-state index in [1.165, 1.54) is 12.7 Å². The Kier molecular flexibility index (Phi) is 3.27. The molecule has 5 nitrogen and oxygen atoms in total. The van der Waals surface area contributed by atoms with E-state index in [-0.39, 0.29) is 23.3 Å². The predicted molar refractivity (Wildman–Crippen MR) is 97.4 cm³/mol. The molecule has 0 radical (unpaired) electrons. The minimum atomic E-state index is -0.280. The fraction of sp³-hybridized carbons (Fsp3) is 0.524. The van der Waals surface area contributed by atoms with Gasteiger partial charge < -0.3 is 15.0 Å². The average molecular weight is 352 g/mol. The largest absolute Gasteiger partial charge is 0.466 e. The summed E-state index contributed by atoms with van der Waals surface area (Å²) in [5.74, 6) is 0.458. The zero-order valence-electron chi connectivity index (χ0n) is 15.2. The van der Waals surface area contributed by atoms with Crippen LogP contribution in [-0.2, 0) is 19.7 Å². The summed E-state index contributed by atoms with van der Waals surface area (Å²) in [6.45, 7) is 2.86. The zero-order valence-corrected chi connectivity index (χ0v) is 15.2. The van der Waals surface area contributed by atoms with E-state index >= 15 is 0 Å². The first-order valence-corrected chi connectivity index (χ1v) is 9.60. The molecule has 1 aromatic rings. The van der Waals surface area contributed by atoms with Crippen molar-refractivity contribution in [1.29, 1.82) is 0 Å². The first kappa shape index (κ1) is 15.9. The third-order valence-electron chi connectivity index (χ3n) is 7.06. The smallest absolute Gasteiger partial charge is 0.335 e. The van der Waals surface area contributed by atoms with Crippen LogP contribution in [0.1, 0.15) is 38.2 Å². The highest BCUT2D eigenvalue weighted by Gasteiger charge is 2.64. The van der Waals surface area contributed by atoms with Gasteiger partial charge in [-0.2, -0.15) is 0 Å². The summed E-state index contributed by atoms with van der Waals surface area (Å²) in [4.78, 5) is 27.8. The number of esters is 1. The maximum absolute atomic E-state index is 13.0. The van der Waals surface area contributed by atoms with Crippen LogP contribution in [0, 0.1) is 11.8 Å². The van der Waals surface area contributed by atoms with E-state index in [1.807, 2.05) is 6.07 Å². The summed E-state index contributed by atoms with van der Waals surface area (Å²) >= 11 is 0. The van der Waals surface area contributed by atoms with Gasteiger partial charge in [0.1, 0.15) is 0 Å². The Balaban J connectivity index is 1.74. The molecule has 136 valence electrons. The molecule has 0 aromatic heterocycles. The third-order valence-corrected chi connectivity index (χ3v) is 7.06. The lowest BCUT2D eigenvalue weighted by atomic mass is 9.60. The van der Waals surface area contributed by atoms with Crippen LogP contribution < -0.4 is 5.32 Å². The van der Waals surface area contributed by atoms with Crippen molar-refractivity contribution in [2.24, 2.45) is 11.8 Å². The molecule has 26 heavy (non-hydrogen) atoms. The number of hydrogen-bond acceptors (Lipinski definition) is 4. The summed E-state index contributed by atoms with van der Waals surface area (Å²) in [6.07, 6.45) is 3.30. The molecule has 1 N–H and O–H groups in total. The lowest BCUT2D eigenvalue weighted by Crippen LogP contribution is -2.57. The van der Waals surface area contributed by atoms with Crippen molar-refractivity contribution < 1.29 is 14.3 Å².